The number of aryl methyl sites for hydroxylation is 1. The van der Waals surface area contributed by atoms with Gasteiger partial charge >= 0.3 is 0 Å². The van der Waals surface area contributed by atoms with Crippen LogP contribution >= 0.6 is 27.3 Å². The van der Waals surface area contributed by atoms with Gasteiger partial charge in [0.15, 0.2) is 0 Å². The number of rotatable bonds is 4. The lowest BCUT2D eigenvalue weighted by atomic mass is 10.1. The second-order valence-electron chi connectivity index (χ2n) is 3.68. The number of ether oxygens (including phenoxy) is 1. The summed E-state index contributed by atoms with van der Waals surface area (Å²) in [6.45, 7) is 2.96. The standard InChI is InChI=1S/C12H13BrN2OS/c1-8-2-10(13)3-9(4-14)12(8)16-5-11-6-17-7-15-11/h2-3,6-7H,4-5,14H2,1H3. The van der Waals surface area contributed by atoms with E-state index in [-0.39, 0.29) is 0 Å². The van der Waals surface area contributed by atoms with Gasteiger partial charge < -0.3 is 10.5 Å². The largest absolute Gasteiger partial charge is 0.487 e. The summed E-state index contributed by atoms with van der Waals surface area (Å²) >= 11 is 5.02. The average molecular weight is 313 g/mol. The highest BCUT2D eigenvalue weighted by Gasteiger charge is 2.08. The lowest BCUT2D eigenvalue weighted by Gasteiger charge is -2.13. The van der Waals surface area contributed by atoms with Gasteiger partial charge in [0.1, 0.15) is 12.4 Å². The SMILES string of the molecule is Cc1cc(Br)cc(CN)c1OCc1cscn1. The second kappa shape index (κ2) is 5.62. The minimum absolute atomic E-state index is 0.465. The number of aromatic nitrogens is 1. The third-order valence-corrected chi connectivity index (χ3v) is 3.48. The van der Waals surface area contributed by atoms with Crippen molar-refractivity contribution in [3.63, 3.8) is 0 Å². The Bertz CT molecular complexity index is 499. The molecule has 0 spiro atoms. The van der Waals surface area contributed by atoms with Crippen LogP contribution in [0.4, 0.5) is 0 Å². The van der Waals surface area contributed by atoms with Gasteiger partial charge in [-0.25, -0.2) is 4.98 Å². The molecule has 3 nitrogen and oxygen atoms in total. The zero-order valence-corrected chi connectivity index (χ0v) is 11.8. The molecule has 0 unspecified atom stereocenters. The van der Waals surface area contributed by atoms with E-state index in [9.17, 15) is 0 Å². The van der Waals surface area contributed by atoms with Gasteiger partial charge in [-0.15, -0.1) is 11.3 Å². The molecule has 0 aliphatic rings. The summed E-state index contributed by atoms with van der Waals surface area (Å²) in [7, 11) is 0. The molecule has 2 aromatic rings. The Hall–Kier alpha value is -0.910. The molecule has 0 bridgehead atoms. The Balaban J connectivity index is 2.19. The second-order valence-corrected chi connectivity index (χ2v) is 5.32. The first-order chi connectivity index (χ1) is 8.20. The zero-order valence-electron chi connectivity index (χ0n) is 9.44. The molecular formula is C12H13BrN2OS. The van der Waals surface area contributed by atoms with E-state index in [0.717, 1.165) is 27.0 Å². The van der Waals surface area contributed by atoms with Crippen LogP contribution in [-0.2, 0) is 13.2 Å². The zero-order chi connectivity index (χ0) is 12.3. The first-order valence-electron chi connectivity index (χ1n) is 5.19. The topological polar surface area (TPSA) is 48.1 Å². The number of benzene rings is 1. The van der Waals surface area contributed by atoms with Crippen molar-refractivity contribution in [3.05, 3.63) is 44.3 Å². The van der Waals surface area contributed by atoms with Crippen LogP contribution in [0.25, 0.3) is 0 Å². The normalized spacial score (nSPS) is 10.5. The molecule has 0 atom stereocenters. The highest BCUT2D eigenvalue weighted by Crippen LogP contribution is 2.28. The van der Waals surface area contributed by atoms with Crippen LogP contribution in [0, 0.1) is 6.92 Å². The molecule has 1 heterocycles. The number of thiazole rings is 1. The van der Waals surface area contributed by atoms with Crippen molar-refractivity contribution in [3.8, 4) is 5.75 Å². The van der Waals surface area contributed by atoms with Gasteiger partial charge in [0.25, 0.3) is 0 Å². The third kappa shape index (κ3) is 3.06. The summed E-state index contributed by atoms with van der Waals surface area (Å²) in [5.74, 6) is 0.865. The average Bonchev–Trinajstić information content (AvgIpc) is 2.79. The lowest BCUT2D eigenvalue weighted by molar-refractivity contribution is 0.297. The summed E-state index contributed by atoms with van der Waals surface area (Å²) in [6, 6.07) is 4.01. The maximum Gasteiger partial charge on any atom is 0.131 e. The van der Waals surface area contributed by atoms with Gasteiger partial charge in [0.05, 0.1) is 11.2 Å². The van der Waals surface area contributed by atoms with E-state index < -0.39 is 0 Å². The maximum absolute atomic E-state index is 5.80. The monoisotopic (exact) mass is 312 g/mol. The number of halogens is 1. The molecule has 0 aliphatic carbocycles. The molecule has 0 aliphatic heterocycles. The van der Waals surface area contributed by atoms with E-state index in [2.05, 4.69) is 20.9 Å². The molecule has 1 aromatic carbocycles. The molecule has 0 saturated heterocycles. The van der Waals surface area contributed by atoms with E-state index in [1.807, 2.05) is 24.4 Å². The van der Waals surface area contributed by atoms with Crippen LogP contribution in [-0.4, -0.2) is 4.98 Å². The molecule has 90 valence electrons. The van der Waals surface area contributed by atoms with Crippen molar-refractivity contribution in [1.82, 2.24) is 4.98 Å². The van der Waals surface area contributed by atoms with Crippen LogP contribution in [0.15, 0.2) is 27.5 Å². The van der Waals surface area contributed by atoms with Crippen LogP contribution in [0.2, 0.25) is 0 Å². The first kappa shape index (κ1) is 12.5. The summed E-state index contributed by atoms with van der Waals surface area (Å²) in [5, 5.41) is 1.98. The Morgan fingerprint density at radius 1 is 1.47 bits per heavy atom. The van der Waals surface area contributed by atoms with E-state index in [4.69, 9.17) is 10.5 Å². The molecule has 0 amide bonds. The smallest absolute Gasteiger partial charge is 0.131 e. The Labute approximate surface area is 113 Å². The molecular weight excluding hydrogens is 300 g/mol. The van der Waals surface area contributed by atoms with Gasteiger partial charge in [-0.2, -0.15) is 0 Å². The lowest BCUT2D eigenvalue weighted by Crippen LogP contribution is -2.04. The van der Waals surface area contributed by atoms with Crippen molar-refractivity contribution >= 4 is 27.3 Å². The number of hydrogen-bond acceptors (Lipinski definition) is 4. The van der Waals surface area contributed by atoms with Gasteiger partial charge in [0, 0.05) is 22.0 Å². The van der Waals surface area contributed by atoms with Crippen LogP contribution < -0.4 is 10.5 Å². The quantitative estimate of drug-likeness (QED) is 0.942. The van der Waals surface area contributed by atoms with E-state index in [1.165, 1.54) is 0 Å². The minimum atomic E-state index is 0.465. The van der Waals surface area contributed by atoms with E-state index in [0.29, 0.717) is 13.2 Å². The fourth-order valence-electron chi connectivity index (χ4n) is 1.61. The Morgan fingerprint density at radius 3 is 2.94 bits per heavy atom. The number of nitrogens with two attached hydrogens (primary N) is 1. The molecule has 5 heteroatoms. The fraction of sp³-hybridized carbons (Fsp3) is 0.250. The highest BCUT2D eigenvalue weighted by molar-refractivity contribution is 9.10. The molecule has 1 aromatic heterocycles. The molecule has 0 radical (unpaired) electrons. The summed E-state index contributed by atoms with van der Waals surface area (Å²) in [6.07, 6.45) is 0. The first-order valence-corrected chi connectivity index (χ1v) is 6.93. The predicted molar refractivity (Wildman–Crippen MR) is 73.2 cm³/mol. The minimum Gasteiger partial charge on any atom is -0.487 e. The predicted octanol–water partition coefficient (Wildman–Crippen LogP) is 3.25. The van der Waals surface area contributed by atoms with Crippen molar-refractivity contribution in [2.45, 2.75) is 20.1 Å². The van der Waals surface area contributed by atoms with Gasteiger partial charge in [-0.3, -0.25) is 0 Å². The van der Waals surface area contributed by atoms with Crippen molar-refractivity contribution < 1.29 is 4.74 Å². The van der Waals surface area contributed by atoms with Crippen molar-refractivity contribution in [2.24, 2.45) is 5.73 Å². The van der Waals surface area contributed by atoms with Gasteiger partial charge in [-0.05, 0) is 24.6 Å². The summed E-state index contributed by atoms with van der Waals surface area (Å²) in [5.41, 5.74) is 10.6. The maximum atomic E-state index is 5.80. The van der Waals surface area contributed by atoms with E-state index in [1.54, 1.807) is 16.8 Å². The van der Waals surface area contributed by atoms with Gasteiger partial charge in [-0.1, -0.05) is 15.9 Å². The fourth-order valence-corrected chi connectivity index (χ4v) is 2.78. The molecule has 0 saturated carbocycles. The van der Waals surface area contributed by atoms with Crippen LogP contribution in [0.5, 0.6) is 5.75 Å². The molecule has 0 fully saturated rings. The highest BCUT2D eigenvalue weighted by atomic mass is 79.9. The molecule has 17 heavy (non-hydrogen) atoms. The number of nitrogens with zero attached hydrogens (tertiary/aromatic N) is 1. The van der Waals surface area contributed by atoms with Crippen molar-refractivity contribution in [1.29, 1.82) is 0 Å². The van der Waals surface area contributed by atoms with Gasteiger partial charge in [0.2, 0.25) is 0 Å². The van der Waals surface area contributed by atoms with Crippen molar-refractivity contribution in [2.75, 3.05) is 0 Å². The van der Waals surface area contributed by atoms with Crippen LogP contribution in [0.3, 0.4) is 0 Å². The van der Waals surface area contributed by atoms with E-state index >= 15 is 0 Å². The molecule has 2 rings (SSSR count). The Kier molecular flexibility index (Phi) is 4.15. The molecule has 2 N–H and O–H groups in total. The third-order valence-electron chi connectivity index (χ3n) is 2.38. The summed E-state index contributed by atoms with van der Waals surface area (Å²) < 4.78 is 6.83. The summed E-state index contributed by atoms with van der Waals surface area (Å²) in [4.78, 5) is 4.19. The number of hydrogen-bond donors (Lipinski definition) is 1. The van der Waals surface area contributed by atoms with Crippen LogP contribution in [0.1, 0.15) is 16.8 Å². The Morgan fingerprint density at radius 2 is 2.29 bits per heavy atom.